The normalized spacial score (nSPS) is 25.4. The van der Waals surface area contributed by atoms with Crippen LogP contribution in [-0.2, 0) is 5.75 Å². The summed E-state index contributed by atoms with van der Waals surface area (Å²) in [4.78, 5) is 4.57. The maximum absolute atomic E-state index is 5.44. The monoisotopic (exact) mass is 283 g/mol. The third-order valence-corrected chi connectivity index (χ3v) is 5.37. The summed E-state index contributed by atoms with van der Waals surface area (Å²) in [5.74, 6) is 3.05. The van der Waals surface area contributed by atoms with Gasteiger partial charge in [-0.2, -0.15) is 16.7 Å². The molecule has 1 aromatic rings. The van der Waals surface area contributed by atoms with Gasteiger partial charge in [0.2, 0.25) is 5.89 Å². The van der Waals surface area contributed by atoms with Gasteiger partial charge < -0.3 is 9.84 Å². The Bertz CT molecular complexity index is 375. The van der Waals surface area contributed by atoms with Crippen molar-refractivity contribution in [1.29, 1.82) is 0 Å². The molecule has 1 aromatic heterocycles. The van der Waals surface area contributed by atoms with E-state index in [-0.39, 0.29) is 0 Å². The van der Waals surface area contributed by atoms with Crippen LogP contribution in [0.25, 0.3) is 0 Å². The fourth-order valence-corrected chi connectivity index (χ4v) is 3.24. The lowest BCUT2D eigenvalue weighted by atomic mass is 9.86. The highest BCUT2D eigenvalue weighted by molar-refractivity contribution is 7.99. The predicted molar refractivity (Wildman–Crippen MR) is 79.4 cm³/mol. The van der Waals surface area contributed by atoms with Crippen LogP contribution in [0.5, 0.6) is 0 Å². The second kappa shape index (κ2) is 7.29. The average Bonchev–Trinajstić information content (AvgIpc) is 2.93. The molecule has 0 aromatic carbocycles. The molecule has 1 unspecified atom stereocenters. The number of hydrogen-bond donors (Lipinski definition) is 1. The minimum Gasteiger partial charge on any atom is -0.339 e. The van der Waals surface area contributed by atoms with Gasteiger partial charge in [0, 0.05) is 17.2 Å². The van der Waals surface area contributed by atoms with Gasteiger partial charge in [-0.1, -0.05) is 19.0 Å². The zero-order valence-electron chi connectivity index (χ0n) is 12.2. The van der Waals surface area contributed by atoms with Gasteiger partial charge in [-0.25, -0.2) is 0 Å². The zero-order valence-corrected chi connectivity index (χ0v) is 13.0. The Morgan fingerprint density at radius 1 is 1.37 bits per heavy atom. The molecular formula is C14H25N3OS. The third-order valence-electron chi connectivity index (χ3n) is 4.04. The standard InChI is InChI=1S/C14H25N3OS/c1-4-10(2)19-9-13-16-14(18-17-13)11-5-7-12(15-3)8-6-11/h10-12,15H,4-9H2,1-3H3. The van der Waals surface area contributed by atoms with E-state index in [1.807, 2.05) is 18.8 Å². The lowest BCUT2D eigenvalue weighted by molar-refractivity contribution is 0.288. The first-order valence-corrected chi connectivity index (χ1v) is 8.39. The molecule has 4 nitrogen and oxygen atoms in total. The molecule has 108 valence electrons. The number of hydrogen-bond acceptors (Lipinski definition) is 5. The first kappa shape index (κ1) is 14.9. The summed E-state index contributed by atoms with van der Waals surface area (Å²) in [6.45, 7) is 4.45. The van der Waals surface area contributed by atoms with Crippen LogP contribution >= 0.6 is 11.8 Å². The maximum atomic E-state index is 5.44. The minimum atomic E-state index is 0.472. The van der Waals surface area contributed by atoms with Gasteiger partial charge in [0.25, 0.3) is 0 Å². The summed E-state index contributed by atoms with van der Waals surface area (Å²) in [5, 5.41) is 8.12. The van der Waals surface area contributed by atoms with Crippen molar-refractivity contribution in [2.45, 2.75) is 68.9 Å². The third kappa shape index (κ3) is 4.21. The molecule has 19 heavy (non-hydrogen) atoms. The van der Waals surface area contributed by atoms with Gasteiger partial charge in [-0.05, 0) is 39.2 Å². The topological polar surface area (TPSA) is 51.0 Å². The highest BCUT2D eigenvalue weighted by Crippen LogP contribution is 2.32. The van der Waals surface area contributed by atoms with Crippen LogP contribution in [0.15, 0.2) is 4.52 Å². The largest absolute Gasteiger partial charge is 0.339 e. The van der Waals surface area contributed by atoms with E-state index in [0.717, 1.165) is 30.3 Å². The smallest absolute Gasteiger partial charge is 0.229 e. The Morgan fingerprint density at radius 3 is 2.74 bits per heavy atom. The summed E-state index contributed by atoms with van der Waals surface area (Å²) < 4.78 is 5.44. The van der Waals surface area contributed by atoms with Crippen molar-refractivity contribution in [3.8, 4) is 0 Å². The molecule has 1 fully saturated rings. The van der Waals surface area contributed by atoms with Crippen molar-refractivity contribution in [3.05, 3.63) is 11.7 Å². The van der Waals surface area contributed by atoms with Crippen LogP contribution in [0.4, 0.5) is 0 Å². The molecular weight excluding hydrogens is 258 g/mol. The molecule has 5 heteroatoms. The summed E-state index contributed by atoms with van der Waals surface area (Å²) >= 11 is 1.90. The van der Waals surface area contributed by atoms with Gasteiger partial charge in [0.05, 0.1) is 5.75 Å². The molecule has 0 radical (unpaired) electrons. The Hall–Kier alpha value is -0.550. The molecule has 0 saturated heterocycles. The fourth-order valence-electron chi connectivity index (χ4n) is 2.46. The molecule has 0 bridgehead atoms. The molecule has 0 aliphatic heterocycles. The number of nitrogens with zero attached hydrogens (tertiary/aromatic N) is 2. The average molecular weight is 283 g/mol. The van der Waals surface area contributed by atoms with Crippen LogP contribution in [-0.4, -0.2) is 28.5 Å². The van der Waals surface area contributed by atoms with Crippen LogP contribution in [0, 0.1) is 0 Å². The van der Waals surface area contributed by atoms with E-state index >= 15 is 0 Å². The molecule has 2 rings (SSSR count). The predicted octanol–water partition coefficient (Wildman–Crippen LogP) is 3.35. The molecule has 1 atom stereocenters. The summed E-state index contributed by atoms with van der Waals surface area (Å²) in [7, 11) is 2.04. The highest BCUT2D eigenvalue weighted by atomic mass is 32.2. The van der Waals surface area contributed by atoms with E-state index in [1.54, 1.807) is 0 Å². The first-order valence-electron chi connectivity index (χ1n) is 7.34. The lowest BCUT2D eigenvalue weighted by Crippen LogP contribution is -2.29. The summed E-state index contributed by atoms with van der Waals surface area (Å²) in [5.41, 5.74) is 0. The van der Waals surface area contributed by atoms with Crippen LogP contribution in [0.1, 0.15) is 63.6 Å². The van der Waals surface area contributed by atoms with E-state index < -0.39 is 0 Å². The van der Waals surface area contributed by atoms with Crippen molar-refractivity contribution in [1.82, 2.24) is 15.5 Å². The number of aromatic nitrogens is 2. The SMILES string of the molecule is CCC(C)SCc1noc(C2CCC(NC)CC2)n1. The second-order valence-electron chi connectivity index (χ2n) is 5.42. The van der Waals surface area contributed by atoms with Crippen LogP contribution in [0.2, 0.25) is 0 Å². The molecule has 1 aliphatic carbocycles. The van der Waals surface area contributed by atoms with Crippen molar-refractivity contribution in [2.75, 3.05) is 7.05 Å². The number of rotatable bonds is 6. The van der Waals surface area contributed by atoms with Gasteiger partial charge in [0.1, 0.15) is 0 Å². The van der Waals surface area contributed by atoms with Crippen LogP contribution in [0.3, 0.4) is 0 Å². The highest BCUT2D eigenvalue weighted by Gasteiger charge is 2.25. The Kier molecular flexibility index (Phi) is 5.70. The molecule has 0 spiro atoms. The Morgan fingerprint density at radius 2 is 2.11 bits per heavy atom. The quantitative estimate of drug-likeness (QED) is 0.867. The van der Waals surface area contributed by atoms with E-state index in [2.05, 4.69) is 29.3 Å². The molecule has 1 N–H and O–H groups in total. The van der Waals surface area contributed by atoms with Crippen molar-refractivity contribution in [3.63, 3.8) is 0 Å². The van der Waals surface area contributed by atoms with Gasteiger partial charge >= 0.3 is 0 Å². The minimum absolute atomic E-state index is 0.472. The number of nitrogens with one attached hydrogen (secondary N) is 1. The molecule has 1 heterocycles. The summed E-state index contributed by atoms with van der Waals surface area (Å²) in [6, 6.07) is 0.666. The van der Waals surface area contributed by atoms with Gasteiger partial charge in [0.15, 0.2) is 5.82 Å². The molecule has 1 saturated carbocycles. The first-order chi connectivity index (χ1) is 9.22. The van der Waals surface area contributed by atoms with Crippen molar-refractivity contribution >= 4 is 11.8 Å². The summed E-state index contributed by atoms with van der Waals surface area (Å²) in [6.07, 6.45) is 5.92. The molecule has 0 amide bonds. The van der Waals surface area contributed by atoms with Crippen molar-refractivity contribution in [2.24, 2.45) is 0 Å². The van der Waals surface area contributed by atoms with Gasteiger partial charge in [-0.15, -0.1) is 0 Å². The Balaban J connectivity index is 1.83. The Labute approximate surface area is 120 Å². The maximum Gasteiger partial charge on any atom is 0.229 e. The van der Waals surface area contributed by atoms with Crippen molar-refractivity contribution < 1.29 is 4.52 Å². The van der Waals surface area contributed by atoms with E-state index in [9.17, 15) is 0 Å². The zero-order chi connectivity index (χ0) is 13.7. The van der Waals surface area contributed by atoms with Gasteiger partial charge in [-0.3, -0.25) is 0 Å². The van der Waals surface area contributed by atoms with E-state index in [4.69, 9.17) is 4.52 Å². The lowest BCUT2D eigenvalue weighted by Gasteiger charge is -2.25. The van der Waals surface area contributed by atoms with E-state index in [1.165, 1.54) is 19.3 Å². The van der Waals surface area contributed by atoms with Crippen LogP contribution < -0.4 is 5.32 Å². The number of thioether (sulfide) groups is 1. The second-order valence-corrected chi connectivity index (χ2v) is 6.84. The molecule has 1 aliphatic rings. The van der Waals surface area contributed by atoms with E-state index in [0.29, 0.717) is 17.2 Å². The fraction of sp³-hybridized carbons (Fsp3) is 0.857.